The van der Waals surface area contributed by atoms with Gasteiger partial charge in [0.2, 0.25) is 0 Å². The van der Waals surface area contributed by atoms with Crippen LogP contribution in [0.4, 0.5) is 0 Å². The van der Waals surface area contributed by atoms with E-state index in [0.717, 1.165) is 4.59 Å². The van der Waals surface area contributed by atoms with E-state index in [9.17, 15) is 4.79 Å². The SMILES string of the molecule is COc1ccc(Cl)c(OC)c1C(=O)P.[Li][CH]1CCCCC1. The second-order valence-corrected chi connectivity index (χ2v) is 6.20. The zero-order valence-corrected chi connectivity index (χ0v) is 14.9. The van der Waals surface area contributed by atoms with Gasteiger partial charge in [0, 0.05) is 0 Å². The summed E-state index contributed by atoms with van der Waals surface area (Å²) in [6, 6.07) is 3.25. The molecule has 1 saturated carbocycles. The number of carbonyl (C=O) groups excluding carboxylic acids is 1. The monoisotopic (exact) mass is 322 g/mol. The van der Waals surface area contributed by atoms with Gasteiger partial charge in [-0.1, -0.05) is 20.8 Å². The molecule has 6 heteroatoms. The fraction of sp³-hybridized carbons (Fsp3) is 0.533. The van der Waals surface area contributed by atoms with Crippen LogP contribution in [0.25, 0.3) is 0 Å². The van der Waals surface area contributed by atoms with Crippen LogP contribution in [0, 0.1) is 0 Å². The van der Waals surface area contributed by atoms with Crippen molar-refractivity contribution in [2.45, 2.75) is 36.7 Å². The van der Waals surface area contributed by atoms with E-state index in [2.05, 4.69) is 27.0 Å². The number of ether oxygens (including phenoxy) is 2. The van der Waals surface area contributed by atoms with Gasteiger partial charge in [-0.05, 0) is 12.1 Å². The van der Waals surface area contributed by atoms with Crippen LogP contribution in [-0.4, -0.2) is 37.5 Å². The Hall–Kier alpha value is -0.193. The van der Waals surface area contributed by atoms with Crippen LogP contribution < -0.4 is 9.47 Å². The predicted octanol–water partition coefficient (Wildman–Crippen LogP) is 4.28. The second kappa shape index (κ2) is 9.75. The van der Waals surface area contributed by atoms with Crippen LogP contribution in [0.2, 0.25) is 9.61 Å². The summed E-state index contributed by atoms with van der Waals surface area (Å²) in [7, 11) is 5.01. The van der Waals surface area contributed by atoms with E-state index in [1.807, 2.05) is 0 Å². The Labute approximate surface area is 143 Å². The molecule has 1 aliphatic carbocycles. The van der Waals surface area contributed by atoms with Crippen molar-refractivity contribution in [2.24, 2.45) is 0 Å². The number of benzene rings is 1. The summed E-state index contributed by atoms with van der Waals surface area (Å²) in [6.45, 7) is 0. The zero-order valence-electron chi connectivity index (χ0n) is 12.9. The Morgan fingerprint density at radius 2 is 1.86 bits per heavy atom. The molecular weight excluding hydrogens is 302 g/mol. The van der Waals surface area contributed by atoms with Crippen molar-refractivity contribution >= 4 is 44.1 Å². The third-order valence-electron chi connectivity index (χ3n) is 3.64. The van der Waals surface area contributed by atoms with Crippen molar-refractivity contribution in [3.8, 4) is 11.5 Å². The Kier molecular flexibility index (Phi) is 8.75. The third-order valence-corrected chi connectivity index (χ3v) is 4.22. The molecule has 1 aliphatic rings. The summed E-state index contributed by atoms with van der Waals surface area (Å²) in [5.74, 6) is 0.789. The van der Waals surface area contributed by atoms with E-state index in [4.69, 9.17) is 21.1 Å². The third kappa shape index (κ3) is 5.84. The summed E-state index contributed by atoms with van der Waals surface area (Å²) >= 11 is 8.22. The van der Waals surface area contributed by atoms with Crippen LogP contribution in [-0.2, 0) is 0 Å². The van der Waals surface area contributed by atoms with Crippen molar-refractivity contribution in [1.82, 2.24) is 0 Å². The number of methoxy groups -OCH3 is 2. The van der Waals surface area contributed by atoms with Crippen LogP contribution >= 0.6 is 20.8 Å². The van der Waals surface area contributed by atoms with Gasteiger partial charge in [-0.3, -0.25) is 4.79 Å². The fourth-order valence-corrected chi connectivity index (χ4v) is 2.96. The molecule has 0 aliphatic heterocycles. The van der Waals surface area contributed by atoms with E-state index in [1.165, 1.54) is 46.3 Å². The number of hydrogen-bond acceptors (Lipinski definition) is 3. The van der Waals surface area contributed by atoms with Gasteiger partial charge in [-0.15, -0.1) is 0 Å². The maximum absolute atomic E-state index is 11.3. The first kappa shape index (κ1) is 18.9. The molecule has 0 amide bonds. The van der Waals surface area contributed by atoms with Crippen molar-refractivity contribution in [3.05, 3.63) is 22.7 Å². The van der Waals surface area contributed by atoms with Crippen LogP contribution in [0.3, 0.4) is 0 Å². The predicted molar refractivity (Wildman–Crippen MR) is 91.2 cm³/mol. The molecule has 0 aromatic heterocycles. The molecule has 0 bridgehead atoms. The molecule has 2 rings (SSSR count). The van der Waals surface area contributed by atoms with E-state index in [1.54, 1.807) is 12.1 Å². The summed E-state index contributed by atoms with van der Waals surface area (Å²) in [5.41, 5.74) is 0.119. The van der Waals surface area contributed by atoms with Crippen molar-refractivity contribution in [3.63, 3.8) is 0 Å². The van der Waals surface area contributed by atoms with Gasteiger partial charge in [-0.2, -0.15) is 0 Å². The Bertz CT molecular complexity index is 476. The van der Waals surface area contributed by atoms with Crippen molar-refractivity contribution in [2.75, 3.05) is 14.2 Å². The van der Waals surface area contributed by atoms with E-state index in [0.29, 0.717) is 22.1 Å². The van der Waals surface area contributed by atoms with Crippen LogP contribution in [0.15, 0.2) is 12.1 Å². The van der Waals surface area contributed by atoms with Gasteiger partial charge in [-0.25, -0.2) is 0 Å². The number of halogens is 1. The Morgan fingerprint density at radius 1 is 1.24 bits per heavy atom. The van der Waals surface area contributed by atoms with Gasteiger partial charge in [0.1, 0.15) is 11.3 Å². The molecule has 1 fully saturated rings. The Morgan fingerprint density at radius 3 is 2.24 bits per heavy atom. The van der Waals surface area contributed by atoms with Gasteiger partial charge in [0.15, 0.2) is 11.3 Å². The standard InChI is InChI=1S/C9H10ClO3P.C6H11.Li/c1-12-6-4-3-5(10)8(13-2)7(6)9(11)14;1-2-4-6-5-3-1;/h3-4H,14H2,1-2H3;1H,2-6H2;. The summed E-state index contributed by atoms with van der Waals surface area (Å²) in [4.78, 5) is 11.3. The molecule has 112 valence electrons. The first-order valence-corrected chi connectivity index (χ1v) is 8.17. The van der Waals surface area contributed by atoms with Crippen LogP contribution in [0.1, 0.15) is 42.5 Å². The number of rotatable bonds is 3. The molecule has 0 N–H and O–H groups in total. The Balaban J connectivity index is 0.000000262. The molecule has 0 spiro atoms. The molecule has 0 radical (unpaired) electrons. The van der Waals surface area contributed by atoms with Gasteiger partial charge in [0.05, 0.1) is 19.2 Å². The van der Waals surface area contributed by atoms with Gasteiger partial charge >= 0.3 is 54.4 Å². The van der Waals surface area contributed by atoms with E-state index in [-0.39, 0.29) is 5.52 Å². The maximum atomic E-state index is 11.3. The molecule has 0 saturated heterocycles. The minimum atomic E-state index is -0.221. The van der Waals surface area contributed by atoms with Crippen molar-refractivity contribution in [1.29, 1.82) is 0 Å². The molecule has 3 nitrogen and oxygen atoms in total. The van der Waals surface area contributed by atoms with Gasteiger partial charge in [0.25, 0.3) is 0 Å². The minimum absolute atomic E-state index is 0.221. The summed E-state index contributed by atoms with van der Waals surface area (Å²) < 4.78 is 11.1. The molecule has 1 aromatic rings. The molecule has 1 atom stereocenters. The second-order valence-electron chi connectivity index (χ2n) is 5.27. The molecule has 0 heterocycles. The van der Waals surface area contributed by atoms with Gasteiger partial charge < -0.3 is 9.47 Å². The molecule has 1 aromatic carbocycles. The number of hydrogen-bond donors (Lipinski definition) is 0. The molecule has 21 heavy (non-hydrogen) atoms. The van der Waals surface area contributed by atoms with Crippen LogP contribution in [0.5, 0.6) is 11.5 Å². The zero-order chi connectivity index (χ0) is 15.8. The molecular formula is C15H21ClLiO3P. The first-order chi connectivity index (χ1) is 10.0. The van der Waals surface area contributed by atoms with Crippen molar-refractivity contribution < 1.29 is 14.3 Å². The number of carbonyl (C=O) groups is 1. The summed E-state index contributed by atoms with van der Waals surface area (Å²) in [5, 5.41) is 0.388. The summed E-state index contributed by atoms with van der Waals surface area (Å²) in [6.07, 6.45) is 7.44. The topological polar surface area (TPSA) is 35.5 Å². The average molecular weight is 323 g/mol. The fourth-order valence-electron chi connectivity index (χ4n) is 2.45. The van der Waals surface area contributed by atoms with E-state index < -0.39 is 0 Å². The molecule has 1 unspecified atom stereocenters. The average Bonchev–Trinajstić information content (AvgIpc) is 2.48. The normalized spacial score (nSPS) is 15.0. The van der Waals surface area contributed by atoms with E-state index >= 15 is 0 Å². The quantitative estimate of drug-likeness (QED) is 0.615. The first-order valence-electron chi connectivity index (χ1n) is 7.21.